The SMILES string of the molecule is C/C=C/c1cc(F)c(C2c3[nH]c4ccc(F)cc4c3CC(C)N2CC(C)(F)F)c(F)c1. The molecule has 2 aromatic carbocycles. The third-order valence-corrected chi connectivity index (χ3v) is 5.77. The van der Waals surface area contributed by atoms with Gasteiger partial charge in [-0.1, -0.05) is 12.2 Å². The van der Waals surface area contributed by atoms with E-state index in [0.29, 0.717) is 34.1 Å². The summed E-state index contributed by atoms with van der Waals surface area (Å²) in [7, 11) is 0. The molecule has 1 aromatic heterocycles. The number of hydrogen-bond acceptors (Lipinski definition) is 1. The van der Waals surface area contributed by atoms with Gasteiger partial charge in [0.05, 0.1) is 12.6 Å². The standard InChI is InChI=1S/C24H23F5N2/c1-4-5-14-9-18(26)21(19(27)10-14)23-22-17(8-13(2)31(23)12-24(3,28)29)16-11-15(25)6-7-20(16)30-22/h4-7,9-11,13,23,30H,8,12H2,1-3H3/b5-4+. The first-order valence-corrected chi connectivity index (χ1v) is 10.1. The Balaban J connectivity index is 1.97. The number of fused-ring (bicyclic) bond motifs is 3. The van der Waals surface area contributed by atoms with E-state index < -0.39 is 42.0 Å². The Morgan fingerprint density at radius 1 is 1.13 bits per heavy atom. The molecule has 0 spiro atoms. The Morgan fingerprint density at radius 2 is 1.81 bits per heavy atom. The van der Waals surface area contributed by atoms with Crippen molar-refractivity contribution >= 4 is 17.0 Å². The second-order valence-corrected chi connectivity index (χ2v) is 8.30. The lowest BCUT2D eigenvalue weighted by atomic mass is 9.87. The molecule has 0 saturated heterocycles. The van der Waals surface area contributed by atoms with Gasteiger partial charge in [-0.2, -0.15) is 0 Å². The number of alkyl halides is 2. The maximum atomic E-state index is 15.2. The van der Waals surface area contributed by atoms with Crippen molar-refractivity contribution in [1.29, 1.82) is 0 Å². The van der Waals surface area contributed by atoms with E-state index in [-0.39, 0.29) is 5.56 Å². The average Bonchev–Trinajstić information content (AvgIpc) is 3.00. The number of allylic oxidation sites excluding steroid dienone is 1. The molecule has 0 bridgehead atoms. The van der Waals surface area contributed by atoms with Crippen molar-refractivity contribution in [2.24, 2.45) is 0 Å². The minimum absolute atomic E-state index is 0.294. The molecule has 31 heavy (non-hydrogen) atoms. The Hall–Kier alpha value is -2.67. The van der Waals surface area contributed by atoms with Gasteiger partial charge in [0.1, 0.15) is 17.5 Å². The molecule has 1 aliphatic rings. The van der Waals surface area contributed by atoms with Crippen LogP contribution in [0.3, 0.4) is 0 Å². The zero-order valence-electron chi connectivity index (χ0n) is 17.4. The van der Waals surface area contributed by atoms with E-state index in [2.05, 4.69) is 4.98 Å². The number of rotatable bonds is 4. The molecule has 1 N–H and O–H groups in total. The number of benzene rings is 2. The summed E-state index contributed by atoms with van der Waals surface area (Å²) in [6.45, 7) is 3.59. The van der Waals surface area contributed by atoms with Crippen LogP contribution in [0.5, 0.6) is 0 Å². The van der Waals surface area contributed by atoms with Crippen molar-refractivity contribution in [3.8, 4) is 0 Å². The zero-order chi connectivity index (χ0) is 22.5. The predicted octanol–water partition coefficient (Wildman–Crippen LogP) is 6.61. The maximum Gasteiger partial charge on any atom is 0.257 e. The van der Waals surface area contributed by atoms with Crippen molar-refractivity contribution in [1.82, 2.24) is 9.88 Å². The van der Waals surface area contributed by atoms with Gasteiger partial charge in [-0.3, -0.25) is 4.90 Å². The van der Waals surface area contributed by atoms with Crippen LogP contribution in [-0.4, -0.2) is 28.4 Å². The van der Waals surface area contributed by atoms with Crippen LogP contribution in [0.15, 0.2) is 36.4 Å². The summed E-state index contributed by atoms with van der Waals surface area (Å²) in [6.07, 6.45) is 3.57. The minimum Gasteiger partial charge on any atom is -0.357 e. The smallest absolute Gasteiger partial charge is 0.257 e. The minimum atomic E-state index is -3.07. The van der Waals surface area contributed by atoms with Crippen LogP contribution in [-0.2, 0) is 6.42 Å². The van der Waals surface area contributed by atoms with Crippen LogP contribution < -0.4 is 0 Å². The van der Waals surface area contributed by atoms with Crippen molar-refractivity contribution < 1.29 is 22.0 Å². The highest BCUT2D eigenvalue weighted by Gasteiger charge is 2.42. The lowest BCUT2D eigenvalue weighted by Crippen LogP contribution is -2.47. The zero-order valence-corrected chi connectivity index (χ0v) is 17.4. The molecule has 3 aromatic rings. The van der Waals surface area contributed by atoms with E-state index in [1.165, 1.54) is 29.2 Å². The molecular weight excluding hydrogens is 411 g/mol. The van der Waals surface area contributed by atoms with Crippen LogP contribution >= 0.6 is 0 Å². The van der Waals surface area contributed by atoms with Crippen LogP contribution in [0.1, 0.15) is 49.2 Å². The third-order valence-electron chi connectivity index (χ3n) is 5.77. The average molecular weight is 434 g/mol. The number of nitrogens with one attached hydrogen (secondary N) is 1. The van der Waals surface area contributed by atoms with Gasteiger partial charge in [-0.25, -0.2) is 22.0 Å². The highest BCUT2D eigenvalue weighted by atomic mass is 19.3. The number of halogens is 5. The summed E-state index contributed by atoms with van der Waals surface area (Å²) < 4.78 is 72.4. The van der Waals surface area contributed by atoms with Gasteiger partial charge in [0.25, 0.3) is 5.92 Å². The topological polar surface area (TPSA) is 19.0 Å². The number of hydrogen-bond donors (Lipinski definition) is 1. The number of nitrogens with zero attached hydrogens (tertiary/aromatic N) is 1. The van der Waals surface area contributed by atoms with Crippen molar-refractivity contribution in [2.75, 3.05) is 6.54 Å². The molecule has 4 rings (SSSR count). The molecule has 2 unspecified atom stereocenters. The summed E-state index contributed by atoms with van der Waals surface area (Å²) >= 11 is 0. The lowest BCUT2D eigenvalue weighted by Gasteiger charge is -2.42. The Kier molecular flexibility index (Phi) is 5.41. The number of aromatic nitrogens is 1. The van der Waals surface area contributed by atoms with E-state index >= 15 is 8.78 Å². The quantitative estimate of drug-likeness (QED) is 0.458. The fourth-order valence-corrected chi connectivity index (χ4v) is 4.56. The summed E-state index contributed by atoms with van der Waals surface area (Å²) in [5.74, 6) is -5.13. The predicted molar refractivity (Wildman–Crippen MR) is 112 cm³/mol. The molecule has 2 nitrogen and oxygen atoms in total. The molecule has 0 fully saturated rings. The van der Waals surface area contributed by atoms with Crippen LogP contribution in [0.25, 0.3) is 17.0 Å². The van der Waals surface area contributed by atoms with Crippen molar-refractivity contribution in [3.63, 3.8) is 0 Å². The first kappa shape index (κ1) is 21.6. The van der Waals surface area contributed by atoms with E-state index in [0.717, 1.165) is 6.92 Å². The molecule has 1 aliphatic heterocycles. The Labute approximate surface area is 177 Å². The molecule has 0 amide bonds. The molecular formula is C24H23F5N2. The molecule has 0 radical (unpaired) electrons. The van der Waals surface area contributed by atoms with E-state index in [4.69, 9.17) is 0 Å². The molecule has 7 heteroatoms. The van der Waals surface area contributed by atoms with Gasteiger partial charge in [-0.05, 0) is 61.7 Å². The first-order chi connectivity index (χ1) is 14.6. The fraction of sp³-hybridized carbons (Fsp3) is 0.333. The molecule has 2 heterocycles. The number of H-pyrrole nitrogens is 1. The molecule has 164 valence electrons. The first-order valence-electron chi connectivity index (χ1n) is 10.1. The summed E-state index contributed by atoms with van der Waals surface area (Å²) in [6, 6.07) is 5.04. The third kappa shape index (κ3) is 3.99. The van der Waals surface area contributed by atoms with Gasteiger partial charge < -0.3 is 4.98 Å². The summed E-state index contributed by atoms with van der Waals surface area (Å²) in [5.41, 5.74) is 1.76. The van der Waals surface area contributed by atoms with E-state index in [1.807, 2.05) is 0 Å². The van der Waals surface area contributed by atoms with Crippen LogP contribution in [0.2, 0.25) is 0 Å². The summed E-state index contributed by atoms with van der Waals surface area (Å²) in [5, 5.41) is 0.598. The normalized spacial score (nSPS) is 20.0. The highest BCUT2D eigenvalue weighted by molar-refractivity contribution is 5.85. The van der Waals surface area contributed by atoms with Gasteiger partial charge >= 0.3 is 0 Å². The van der Waals surface area contributed by atoms with Crippen molar-refractivity contribution in [2.45, 2.75) is 45.2 Å². The number of aromatic amines is 1. The largest absolute Gasteiger partial charge is 0.357 e. The van der Waals surface area contributed by atoms with E-state index in [1.54, 1.807) is 32.1 Å². The van der Waals surface area contributed by atoms with Gasteiger partial charge in [0, 0.05) is 35.1 Å². The van der Waals surface area contributed by atoms with Gasteiger partial charge in [-0.15, -0.1) is 0 Å². The lowest BCUT2D eigenvalue weighted by molar-refractivity contribution is -0.0374. The molecule has 2 atom stereocenters. The monoisotopic (exact) mass is 434 g/mol. The highest BCUT2D eigenvalue weighted by Crippen LogP contribution is 2.43. The maximum absolute atomic E-state index is 15.2. The summed E-state index contributed by atoms with van der Waals surface area (Å²) in [4.78, 5) is 4.54. The fourth-order valence-electron chi connectivity index (χ4n) is 4.56. The second-order valence-electron chi connectivity index (χ2n) is 8.30. The van der Waals surface area contributed by atoms with E-state index in [9.17, 15) is 13.2 Å². The van der Waals surface area contributed by atoms with Crippen molar-refractivity contribution in [3.05, 3.63) is 76.2 Å². The van der Waals surface area contributed by atoms with Gasteiger partial charge in [0.15, 0.2) is 0 Å². The molecule has 0 saturated carbocycles. The Bertz CT molecular complexity index is 1140. The van der Waals surface area contributed by atoms with Crippen LogP contribution in [0.4, 0.5) is 22.0 Å². The van der Waals surface area contributed by atoms with Crippen LogP contribution in [0, 0.1) is 17.5 Å². The van der Waals surface area contributed by atoms with Gasteiger partial charge in [0.2, 0.25) is 0 Å². The Morgan fingerprint density at radius 3 is 2.42 bits per heavy atom. The molecule has 0 aliphatic carbocycles. The second kappa shape index (κ2) is 7.79.